The van der Waals surface area contributed by atoms with E-state index >= 15 is 0 Å². The molecule has 13 heteroatoms. The van der Waals surface area contributed by atoms with Crippen LogP contribution in [0.3, 0.4) is 0 Å². The molecule has 2 amide bonds. The molecule has 4 rings (SSSR count). The number of benzene rings is 2. The topological polar surface area (TPSA) is 84.0 Å². The van der Waals surface area contributed by atoms with Gasteiger partial charge >= 0.3 is 12.3 Å². The van der Waals surface area contributed by atoms with Crippen molar-refractivity contribution < 1.29 is 36.6 Å². The Morgan fingerprint density at radius 1 is 1.00 bits per heavy atom. The Morgan fingerprint density at radius 3 is 2.36 bits per heavy atom. The largest absolute Gasteiger partial charge is 0.486 e. The number of ether oxygens (including phenoxy) is 2. The fourth-order valence-electron chi connectivity index (χ4n) is 4.23. The van der Waals surface area contributed by atoms with Crippen molar-refractivity contribution in [3.63, 3.8) is 0 Å². The van der Waals surface area contributed by atoms with Crippen molar-refractivity contribution in [2.75, 3.05) is 36.4 Å². The molecule has 8 nitrogen and oxygen atoms in total. The number of hydrogen-bond donors (Lipinski definition) is 1. The van der Waals surface area contributed by atoms with Gasteiger partial charge in [-0.25, -0.2) is 9.18 Å². The molecule has 0 spiro atoms. The normalized spacial score (nSPS) is 14.0. The summed E-state index contributed by atoms with van der Waals surface area (Å²) >= 11 is 3.29. The maximum atomic E-state index is 14.3. The number of amides is 2. The number of hydrogen-bond acceptors (Lipinski definition) is 6. The van der Waals surface area contributed by atoms with E-state index in [0.717, 1.165) is 12.1 Å². The van der Waals surface area contributed by atoms with Crippen LogP contribution in [-0.4, -0.2) is 53.7 Å². The zero-order chi connectivity index (χ0) is 30.7. The fraction of sp³-hybridized carbons (Fsp3) is 0.345. The molecule has 42 heavy (non-hydrogen) atoms. The first-order valence-electron chi connectivity index (χ1n) is 13.0. The second kappa shape index (κ2) is 12.6. The average Bonchev–Trinajstić information content (AvgIpc) is 2.91. The summed E-state index contributed by atoms with van der Waals surface area (Å²) in [7, 11) is 0. The van der Waals surface area contributed by atoms with E-state index in [1.807, 2.05) is 0 Å². The van der Waals surface area contributed by atoms with E-state index in [-0.39, 0.29) is 55.5 Å². The van der Waals surface area contributed by atoms with Gasteiger partial charge in [0, 0.05) is 65.5 Å². The Bertz CT molecular complexity index is 1450. The minimum Gasteiger partial charge on any atom is -0.486 e. The molecular weight excluding hydrogens is 624 g/mol. The number of piperazine rings is 1. The van der Waals surface area contributed by atoms with Gasteiger partial charge in [-0.05, 0) is 79.2 Å². The molecule has 1 fully saturated rings. The lowest BCUT2D eigenvalue weighted by Gasteiger charge is -2.37. The van der Waals surface area contributed by atoms with Gasteiger partial charge in [0.05, 0.1) is 5.56 Å². The zero-order valence-electron chi connectivity index (χ0n) is 23.1. The van der Waals surface area contributed by atoms with Crippen LogP contribution in [0.2, 0.25) is 0 Å². The van der Waals surface area contributed by atoms with Crippen molar-refractivity contribution in [1.82, 2.24) is 9.88 Å². The molecule has 3 aromatic rings. The highest BCUT2D eigenvalue weighted by molar-refractivity contribution is 9.10. The molecule has 0 saturated carbocycles. The molecule has 1 aromatic heterocycles. The Labute approximate surface area is 248 Å². The summed E-state index contributed by atoms with van der Waals surface area (Å²) in [5.41, 5.74) is -1.12. The van der Waals surface area contributed by atoms with E-state index in [1.165, 1.54) is 29.2 Å². The van der Waals surface area contributed by atoms with Gasteiger partial charge in [-0.3, -0.25) is 9.78 Å². The number of alkyl halides is 3. The molecule has 1 N–H and O–H groups in total. The highest BCUT2D eigenvalue weighted by Gasteiger charge is 2.36. The van der Waals surface area contributed by atoms with Crippen LogP contribution in [0.25, 0.3) is 0 Å². The third kappa shape index (κ3) is 8.11. The van der Waals surface area contributed by atoms with E-state index in [9.17, 15) is 27.2 Å². The minimum absolute atomic E-state index is 0.00494. The summed E-state index contributed by atoms with van der Waals surface area (Å²) in [5.74, 6) is -1.64. The van der Waals surface area contributed by atoms with Crippen molar-refractivity contribution in [2.24, 2.45) is 0 Å². The molecule has 1 aliphatic heterocycles. The molecule has 2 aromatic carbocycles. The fourth-order valence-corrected chi connectivity index (χ4v) is 4.64. The maximum absolute atomic E-state index is 14.3. The summed E-state index contributed by atoms with van der Waals surface area (Å²) in [5, 5.41) is 2.45. The number of aromatic nitrogens is 1. The number of nitrogens with zero attached hydrogens (tertiary/aromatic N) is 3. The molecule has 0 bridgehead atoms. The lowest BCUT2D eigenvalue weighted by atomic mass is 10.1. The van der Waals surface area contributed by atoms with Crippen LogP contribution >= 0.6 is 15.9 Å². The Balaban J connectivity index is 1.46. The molecule has 1 aliphatic rings. The summed E-state index contributed by atoms with van der Waals surface area (Å²) < 4.78 is 68.2. The van der Waals surface area contributed by atoms with Crippen molar-refractivity contribution >= 4 is 39.3 Å². The Morgan fingerprint density at radius 2 is 1.71 bits per heavy atom. The third-order valence-electron chi connectivity index (χ3n) is 6.18. The maximum Gasteiger partial charge on any atom is 0.418 e. The second-order valence-electron chi connectivity index (χ2n) is 10.6. The Hall–Kier alpha value is -3.87. The quantitative estimate of drug-likeness (QED) is 0.292. The molecule has 2 heterocycles. The predicted octanol–water partition coefficient (Wildman–Crippen LogP) is 6.89. The van der Waals surface area contributed by atoms with Crippen LogP contribution in [0.1, 0.15) is 42.3 Å². The lowest BCUT2D eigenvalue weighted by molar-refractivity contribution is -0.137. The highest BCUT2D eigenvalue weighted by Crippen LogP contribution is 2.39. The van der Waals surface area contributed by atoms with Crippen LogP contribution in [0.5, 0.6) is 5.75 Å². The van der Waals surface area contributed by atoms with Crippen molar-refractivity contribution in [2.45, 2.75) is 39.2 Å². The summed E-state index contributed by atoms with van der Waals surface area (Å²) in [6.07, 6.45) is -2.10. The molecule has 0 atom stereocenters. The van der Waals surface area contributed by atoms with Crippen LogP contribution in [-0.2, 0) is 17.5 Å². The standard InChI is InChI=1S/C29H29BrF4N4O4/c1-28(2,3)42-27(40)38-10-8-37(9-11-38)24-7-5-21(14-22(24)29(32,33)34)36-26(39)19-4-6-23(31)25(13-19)41-17-18-12-20(30)16-35-15-18/h4-7,12-16H,8-11,17H2,1-3H3,(H,36,39). The molecular formula is C29H29BrF4N4O4. The predicted molar refractivity (Wildman–Crippen MR) is 152 cm³/mol. The Kier molecular flexibility index (Phi) is 9.29. The van der Waals surface area contributed by atoms with Gasteiger partial charge in [-0.15, -0.1) is 0 Å². The van der Waals surface area contributed by atoms with Crippen LogP contribution in [0.4, 0.5) is 33.7 Å². The number of halogens is 5. The second-order valence-corrected chi connectivity index (χ2v) is 11.5. The lowest BCUT2D eigenvalue weighted by Crippen LogP contribution is -2.50. The first kappa shape index (κ1) is 31.1. The van der Waals surface area contributed by atoms with Crippen molar-refractivity contribution in [3.8, 4) is 5.75 Å². The average molecular weight is 653 g/mol. The van der Waals surface area contributed by atoms with Gasteiger partial charge in [0.15, 0.2) is 11.6 Å². The van der Waals surface area contributed by atoms with E-state index in [4.69, 9.17) is 9.47 Å². The van der Waals surface area contributed by atoms with E-state index in [0.29, 0.717) is 10.0 Å². The SMILES string of the molecule is CC(C)(C)OC(=O)N1CCN(c2ccc(NC(=O)c3ccc(F)c(OCc4cncc(Br)c4)c3)cc2C(F)(F)F)CC1. The van der Waals surface area contributed by atoms with E-state index in [1.54, 1.807) is 44.1 Å². The monoisotopic (exact) mass is 652 g/mol. The molecule has 0 aliphatic carbocycles. The van der Waals surface area contributed by atoms with Crippen LogP contribution < -0.4 is 15.0 Å². The van der Waals surface area contributed by atoms with E-state index in [2.05, 4.69) is 26.2 Å². The number of anilines is 2. The van der Waals surface area contributed by atoms with Crippen LogP contribution in [0.15, 0.2) is 59.3 Å². The van der Waals surface area contributed by atoms with Crippen LogP contribution in [0, 0.1) is 5.82 Å². The number of pyridine rings is 1. The smallest absolute Gasteiger partial charge is 0.418 e. The molecule has 224 valence electrons. The number of nitrogens with one attached hydrogen (secondary N) is 1. The van der Waals surface area contributed by atoms with Crippen molar-refractivity contribution in [1.29, 1.82) is 0 Å². The zero-order valence-corrected chi connectivity index (χ0v) is 24.7. The van der Waals surface area contributed by atoms with E-state index < -0.39 is 35.2 Å². The highest BCUT2D eigenvalue weighted by atomic mass is 79.9. The number of carbonyl (C=O) groups excluding carboxylic acids is 2. The van der Waals surface area contributed by atoms with Gasteiger partial charge in [-0.2, -0.15) is 13.2 Å². The number of rotatable bonds is 6. The summed E-state index contributed by atoms with van der Waals surface area (Å²) in [4.78, 5) is 32.2. The summed E-state index contributed by atoms with van der Waals surface area (Å²) in [6, 6.07) is 8.68. The van der Waals surface area contributed by atoms with Crippen molar-refractivity contribution in [3.05, 3.63) is 81.8 Å². The minimum atomic E-state index is -4.71. The molecule has 1 saturated heterocycles. The first-order chi connectivity index (χ1) is 19.7. The van der Waals surface area contributed by atoms with Gasteiger partial charge < -0.3 is 24.6 Å². The van der Waals surface area contributed by atoms with Gasteiger partial charge in [0.1, 0.15) is 12.2 Å². The molecule has 0 unspecified atom stereocenters. The molecule has 0 radical (unpaired) electrons. The van der Waals surface area contributed by atoms with Gasteiger partial charge in [0.2, 0.25) is 0 Å². The van der Waals surface area contributed by atoms with Gasteiger partial charge in [0.25, 0.3) is 5.91 Å². The summed E-state index contributed by atoms with van der Waals surface area (Å²) in [6.45, 7) is 5.92. The first-order valence-corrected chi connectivity index (χ1v) is 13.8. The third-order valence-corrected chi connectivity index (χ3v) is 6.61. The van der Waals surface area contributed by atoms with Gasteiger partial charge in [-0.1, -0.05) is 0 Å². The number of carbonyl (C=O) groups is 2.